The minimum atomic E-state index is 0.566. The van der Waals surface area contributed by atoms with E-state index in [-0.39, 0.29) is 0 Å². The molecule has 0 N–H and O–H groups in total. The van der Waals surface area contributed by atoms with Crippen molar-refractivity contribution in [1.82, 2.24) is 0 Å². The molecule has 26 heavy (non-hydrogen) atoms. The van der Waals surface area contributed by atoms with E-state index in [2.05, 4.69) is 65.3 Å². The number of rotatable bonds is 3. The first-order chi connectivity index (χ1) is 12.7. The average molecular weight is 405 g/mol. The zero-order valence-electron chi connectivity index (χ0n) is 15.4. The monoisotopic (exact) mass is 404 g/mol. The van der Waals surface area contributed by atoms with Crippen LogP contribution in [-0.4, -0.2) is 0 Å². The number of benzene rings is 1. The van der Waals surface area contributed by atoms with Gasteiger partial charge in [0.05, 0.1) is 0 Å². The van der Waals surface area contributed by atoms with Crippen molar-refractivity contribution in [3.8, 4) is 0 Å². The lowest BCUT2D eigenvalue weighted by molar-refractivity contribution is 0.636. The summed E-state index contributed by atoms with van der Waals surface area (Å²) in [6.07, 6.45) is 16.1. The summed E-state index contributed by atoms with van der Waals surface area (Å²) < 4.78 is 1.35. The third-order valence-electron chi connectivity index (χ3n) is 6.56. The highest BCUT2D eigenvalue weighted by Gasteiger charge is 2.32. The highest BCUT2D eigenvalue weighted by atomic mass is 79.9. The maximum Gasteiger partial charge on any atom is 0.0243 e. The van der Waals surface area contributed by atoms with Gasteiger partial charge in [0.1, 0.15) is 0 Å². The molecule has 0 bridgehead atoms. The predicted octanol–water partition coefficient (Wildman–Crippen LogP) is 7.44. The molecule has 4 aliphatic carbocycles. The lowest BCUT2D eigenvalue weighted by atomic mass is 9.77. The first-order valence-electron chi connectivity index (χ1n) is 9.99. The molecule has 0 radical (unpaired) electrons. The number of hydrogen-bond donors (Lipinski definition) is 0. The fourth-order valence-corrected chi connectivity index (χ4v) is 5.93. The van der Waals surface area contributed by atoms with E-state index in [1.807, 2.05) is 0 Å². The Morgan fingerprint density at radius 3 is 2.77 bits per heavy atom. The summed E-state index contributed by atoms with van der Waals surface area (Å²) in [4.78, 5) is 0. The van der Waals surface area contributed by atoms with E-state index in [0.717, 1.165) is 6.42 Å². The second-order valence-electron chi connectivity index (χ2n) is 8.14. The highest BCUT2D eigenvalue weighted by Crippen LogP contribution is 2.49. The molecule has 1 heteroatoms. The molecule has 0 amide bonds. The van der Waals surface area contributed by atoms with Crippen LogP contribution < -0.4 is 0 Å². The zero-order valence-corrected chi connectivity index (χ0v) is 17.0. The van der Waals surface area contributed by atoms with E-state index in [4.69, 9.17) is 0 Å². The molecule has 0 aliphatic heterocycles. The van der Waals surface area contributed by atoms with E-state index in [0.29, 0.717) is 5.92 Å². The normalized spacial score (nSPS) is 24.1. The molecular weight excluding hydrogens is 380 g/mol. The van der Waals surface area contributed by atoms with Gasteiger partial charge < -0.3 is 0 Å². The van der Waals surface area contributed by atoms with Crippen molar-refractivity contribution in [2.45, 2.75) is 51.9 Å². The van der Waals surface area contributed by atoms with E-state index < -0.39 is 0 Å². The third-order valence-corrected chi connectivity index (χ3v) is 7.27. The molecular formula is C25H25Br. The minimum absolute atomic E-state index is 0.566. The number of fused-ring (bicyclic) bond motifs is 3. The fraction of sp³-hybridized carbons (Fsp3) is 0.360. The Balaban J connectivity index is 1.39. The van der Waals surface area contributed by atoms with Crippen molar-refractivity contribution < 1.29 is 0 Å². The van der Waals surface area contributed by atoms with E-state index in [1.54, 1.807) is 27.9 Å². The van der Waals surface area contributed by atoms with Gasteiger partial charge in [-0.3, -0.25) is 0 Å². The van der Waals surface area contributed by atoms with Crippen LogP contribution in [0, 0.1) is 5.92 Å². The van der Waals surface area contributed by atoms with Gasteiger partial charge in [0, 0.05) is 10.4 Å². The zero-order chi connectivity index (χ0) is 17.7. The maximum atomic E-state index is 3.89. The van der Waals surface area contributed by atoms with Crippen LogP contribution in [-0.2, 0) is 6.42 Å². The molecule has 0 heterocycles. The molecule has 0 fully saturated rings. The summed E-state index contributed by atoms with van der Waals surface area (Å²) in [7, 11) is 0. The van der Waals surface area contributed by atoms with Gasteiger partial charge in [-0.2, -0.15) is 0 Å². The molecule has 0 nitrogen and oxygen atoms in total. The summed E-state index contributed by atoms with van der Waals surface area (Å²) in [5, 5.41) is 0. The molecule has 4 aliphatic rings. The maximum absolute atomic E-state index is 3.89. The van der Waals surface area contributed by atoms with Gasteiger partial charge >= 0.3 is 0 Å². The summed E-state index contributed by atoms with van der Waals surface area (Å²) in [6.45, 7) is 2.32. The number of halogens is 1. The first kappa shape index (κ1) is 16.6. The van der Waals surface area contributed by atoms with Gasteiger partial charge in [0.2, 0.25) is 0 Å². The molecule has 132 valence electrons. The van der Waals surface area contributed by atoms with E-state index in [1.165, 1.54) is 59.7 Å². The van der Waals surface area contributed by atoms with Crippen molar-refractivity contribution in [1.29, 1.82) is 0 Å². The van der Waals surface area contributed by atoms with Gasteiger partial charge in [-0.25, -0.2) is 0 Å². The summed E-state index contributed by atoms with van der Waals surface area (Å²) in [5.74, 6) is 0.566. The number of hydrogen-bond acceptors (Lipinski definition) is 0. The lowest BCUT2D eigenvalue weighted by Gasteiger charge is -2.29. The Bertz CT molecular complexity index is 933. The Hall–Kier alpha value is -1.60. The molecule has 1 unspecified atom stereocenters. The van der Waals surface area contributed by atoms with Gasteiger partial charge in [0.15, 0.2) is 0 Å². The van der Waals surface area contributed by atoms with Gasteiger partial charge in [-0.15, -0.1) is 0 Å². The Morgan fingerprint density at radius 1 is 1.04 bits per heavy atom. The third kappa shape index (κ3) is 2.72. The molecule has 0 spiro atoms. The fourth-order valence-electron chi connectivity index (χ4n) is 5.23. The van der Waals surface area contributed by atoms with E-state index in [9.17, 15) is 0 Å². The summed E-state index contributed by atoms with van der Waals surface area (Å²) in [5.41, 5.74) is 12.5. The topological polar surface area (TPSA) is 0 Å². The van der Waals surface area contributed by atoms with Crippen molar-refractivity contribution in [3.63, 3.8) is 0 Å². The Kier molecular flexibility index (Phi) is 4.16. The van der Waals surface area contributed by atoms with Gasteiger partial charge in [0.25, 0.3) is 0 Å². The molecule has 1 aromatic rings. The van der Waals surface area contributed by atoms with Crippen LogP contribution >= 0.6 is 15.9 Å². The van der Waals surface area contributed by atoms with Crippen molar-refractivity contribution in [2.75, 3.05) is 0 Å². The lowest BCUT2D eigenvalue weighted by Crippen LogP contribution is -2.14. The smallest absolute Gasteiger partial charge is 0.0243 e. The minimum Gasteiger partial charge on any atom is -0.0697 e. The van der Waals surface area contributed by atoms with Crippen LogP contribution in [0.15, 0.2) is 74.3 Å². The quantitative estimate of drug-likeness (QED) is 0.490. The molecule has 0 saturated carbocycles. The van der Waals surface area contributed by atoms with Crippen molar-refractivity contribution in [3.05, 3.63) is 85.5 Å². The van der Waals surface area contributed by atoms with E-state index >= 15 is 0 Å². The van der Waals surface area contributed by atoms with Crippen molar-refractivity contribution in [2.24, 2.45) is 5.92 Å². The molecule has 1 aromatic carbocycles. The molecule has 0 saturated heterocycles. The molecule has 0 aromatic heterocycles. The second-order valence-corrected chi connectivity index (χ2v) is 9.00. The standard InChI is InChI=1S/C25H25Br/c1-16-12-23-21-8-4-5-9-22(21)25(26)15-24(23)20(16)11-10-17-13-18-6-2-3-7-19(18)14-17/h2-3,6-7,12-13,15,23H,4-5,8-11,14H2,1H3. The van der Waals surface area contributed by atoms with Crippen LogP contribution in [0.4, 0.5) is 0 Å². The largest absolute Gasteiger partial charge is 0.0697 e. The highest BCUT2D eigenvalue weighted by molar-refractivity contribution is 9.12. The van der Waals surface area contributed by atoms with Crippen LogP contribution in [0.1, 0.15) is 56.6 Å². The molecule has 1 atom stereocenters. The number of allylic oxidation sites excluding steroid dienone is 9. The average Bonchev–Trinajstić information content (AvgIpc) is 3.20. The Morgan fingerprint density at radius 2 is 1.88 bits per heavy atom. The Labute approximate surface area is 165 Å². The van der Waals surface area contributed by atoms with Gasteiger partial charge in [-0.05, 0) is 85.8 Å². The summed E-state index contributed by atoms with van der Waals surface area (Å²) >= 11 is 3.89. The van der Waals surface area contributed by atoms with Gasteiger partial charge in [-0.1, -0.05) is 69.1 Å². The van der Waals surface area contributed by atoms with Crippen LogP contribution in [0.3, 0.4) is 0 Å². The second kappa shape index (κ2) is 6.53. The molecule has 5 rings (SSSR count). The van der Waals surface area contributed by atoms with Crippen LogP contribution in [0.25, 0.3) is 6.08 Å². The van der Waals surface area contributed by atoms with Crippen LogP contribution in [0.5, 0.6) is 0 Å². The predicted molar refractivity (Wildman–Crippen MR) is 114 cm³/mol. The SMILES string of the molecule is CC1=CC2C(=C1CCC1=Cc3ccccc3C1)C=C(Br)C1=C2CCCC1. The summed E-state index contributed by atoms with van der Waals surface area (Å²) in [6, 6.07) is 8.83. The van der Waals surface area contributed by atoms with Crippen molar-refractivity contribution >= 4 is 22.0 Å². The van der Waals surface area contributed by atoms with Crippen LogP contribution in [0.2, 0.25) is 0 Å². The first-order valence-corrected chi connectivity index (χ1v) is 10.8.